The standard InChI is InChI=1S/C17H16F4/c18-7-3-1-2-4-12-5-6-16(17(21)8-12)13-9-14(19)11-15(20)10-13/h5-6,8-11H,1-4,7H2. The van der Waals surface area contributed by atoms with Gasteiger partial charge >= 0.3 is 0 Å². The van der Waals surface area contributed by atoms with E-state index in [2.05, 4.69) is 0 Å². The number of aryl methyl sites for hydroxylation is 1. The summed E-state index contributed by atoms with van der Waals surface area (Å²) in [7, 11) is 0. The summed E-state index contributed by atoms with van der Waals surface area (Å²) in [6.07, 6.45) is 2.73. The van der Waals surface area contributed by atoms with Gasteiger partial charge in [0, 0.05) is 11.6 Å². The lowest BCUT2D eigenvalue weighted by atomic mass is 10.0. The average molecular weight is 296 g/mol. The zero-order chi connectivity index (χ0) is 15.2. The third-order valence-electron chi connectivity index (χ3n) is 3.31. The Morgan fingerprint density at radius 2 is 1.48 bits per heavy atom. The first-order chi connectivity index (χ1) is 10.1. The zero-order valence-electron chi connectivity index (χ0n) is 11.5. The molecule has 0 aromatic heterocycles. The molecule has 2 rings (SSSR count). The Morgan fingerprint density at radius 1 is 0.762 bits per heavy atom. The Morgan fingerprint density at radius 3 is 2.10 bits per heavy atom. The van der Waals surface area contributed by atoms with E-state index in [1.807, 2.05) is 0 Å². The van der Waals surface area contributed by atoms with E-state index in [4.69, 9.17) is 0 Å². The minimum Gasteiger partial charge on any atom is -0.251 e. The Bertz CT molecular complexity index is 587. The quantitative estimate of drug-likeness (QED) is 0.491. The molecule has 112 valence electrons. The molecule has 0 fully saturated rings. The molecule has 0 radical (unpaired) electrons. The summed E-state index contributed by atoms with van der Waals surface area (Å²) < 4.78 is 52.4. The zero-order valence-corrected chi connectivity index (χ0v) is 11.5. The van der Waals surface area contributed by atoms with E-state index in [1.165, 1.54) is 12.1 Å². The van der Waals surface area contributed by atoms with Crippen molar-refractivity contribution in [3.8, 4) is 11.1 Å². The van der Waals surface area contributed by atoms with Gasteiger partial charge in [-0.05, 0) is 48.6 Å². The number of halogens is 4. The molecule has 0 amide bonds. The van der Waals surface area contributed by atoms with Gasteiger partial charge in [-0.15, -0.1) is 0 Å². The Labute approximate surface area is 121 Å². The maximum atomic E-state index is 14.1. The molecule has 0 heterocycles. The monoisotopic (exact) mass is 296 g/mol. The largest absolute Gasteiger partial charge is 0.251 e. The van der Waals surface area contributed by atoms with E-state index in [9.17, 15) is 17.6 Å². The van der Waals surface area contributed by atoms with Crippen LogP contribution in [0.5, 0.6) is 0 Å². The van der Waals surface area contributed by atoms with Gasteiger partial charge in [-0.1, -0.05) is 18.6 Å². The molecule has 0 spiro atoms. The first kappa shape index (κ1) is 15.5. The van der Waals surface area contributed by atoms with Crippen LogP contribution < -0.4 is 0 Å². The van der Waals surface area contributed by atoms with Crippen LogP contribution in [-0.4, -0.2) is 6.67 Å². The molecule has 0 bridgehead atoms. The van der Waals surface area contributed by atoms with Crippen molar-refractivity contribution in [2.24, 2.45) is 0 Å². The second kappa shape index (κ2) is 7.25. The molecule has 0 saturated carbocycles. The van der Waals surface area contributed by atoms with Crippen molar-refractivity contribution in [1.29, 1.82) is 0 Å². The van der Waals surface area contributed by atoms with Gasteiger partial charge in [0.25, 0.3) is 0 Å². The van der Waals surface area contributed by atoms with Crippen molar-refractivity contribution in [3.05, 3.63) is 59.4 Å². The van der Waals surface area contributed by atoms with E-state index < -0.39 is 17.5 Å². The fourth-order valence-corrected chi connectivity index (χ4v) is 2.26. The van der Waals surface area contributed by atoms with Crippen LogP contribution in [0.4, 0.5) is 17.6 Å². The first-order valence-corrected chi connectivity index (χ1v) is 6.91. The molecule has 4 heteroatoms. The minimum absolute atomic E-state index is 0.168. The molecule has 0 aliphatic heterocycles. The molecule has 0 N–H and O–H groups in total. The van der Waals surface area contributed by atoms with Gasteiger partial charge in [0.2, 0.25) is 0 Å². The van der Waals surface area contributed by atoms with Crippen LogP contribution in [0.25, 0.3) is 11.1 Å². The number of unbranched alkanes of at least 4 members (excludes halogenated alkanes) is 2. The van der Waals surface area contributed by atoms with Crippen molar-refractivity contribution in [1.82, 2.24) is 0 Å². The highest BCUT2D eigenvalue weighted by molar-refractivity contribution is 5.64. The fourth-order valence-electron chi connectivity index (χ4n) is 2.26. The summed E-state index contributed by atoms with van der Waals surface area (Å²) >= 11 is 0. The predicted molar refractivity (Wildman–Crippen MR) is 75.3 cm³/mol. The minimum atomic E-state index is -0.736. The summed E-state index contributed by atoms with van der Waals surface area (Å²) in [5.74, 6) is -1.98. The van der Waals surface area contributed by atoms with Gasteiger partial charge in [0.05, 0.1) is 6.67 Å². The third-order valence-corrected chi connectivity index (χ3v) is 3.31. The van der Waals surface area contributed by atoms with Crippen molar-refractivity contribution in [2.75, 3.05) is 6.67 Å². The smallest absolute Gasteiger partial charge is 0.131 e. The lowest BCUT2D eigenvalue weighted by Crippen LogP contribution is -1.92. The molecule has 2 aromatic rings. The number of benzene rings is 2. The molecule has 0 atom stereocenters. The van der Waals surface area contributed by atoms with E-state index in [0.29, 0.717) is 12.8 Å². The van der Waals surface area contributed by atoms with Gasteiger partial charge in [-0.2, -0.15) is 0 Å². The summed E-state index contributed by atoms with van der Waals surface area (Å²) in [5, 5.41) is 0. The molecule has 21 heavy (non-hydrogen) atoms. The van der Waals surface area contributed by atoms with Crippen LogP contribution in [0, 0.1) is 17.5 Å². The van der Waals surface area contributed by atoms with Crippen LogP contribution in [0.1, 0.15) is 24.8 Å². The molecule has 0 aliphatic carbocycles. The molecule has 0 unspecified atom stereocenters. The normalized spacial score (nSPS) is 10.9. The van der Waals surface area contributed by atoms with Gasteiger partial charge in [0.15, 0.2) is 0 Å². The summed E-state index contributed by atoms with van der Waals surface area (Å²) in [6, 6.07) is 7.57. The second-order valence-electron chi connectivity index (χ2n) is 4.97. The first-order valence-electron chi connectivity index (χ1n) is 6.91. The maximum Gasteiger partial charge on any atom is 0.131 e. The molecule has 0 aliphatic rings. The van der Waals surface area contributed by atoms with Crippen LogP contribution >= 0.6 is 0 Å². The van der Waals surface area contributed by atoms with Crippen molar-refractivity contribution < 1.29 is 17.6 Å². The van der Waals surface area contributed by atoms with E-state index in [-0.39, 0.29) is 17.8 Å². The summed E-state index contributed by atoms with van der Waals surface area (Å²) in [4.78, 5) is 0. The van der Waals surface area contributed by atoms with E-state index in [0.717, 1.165) is 36.6 Å². The predicted octanol–water partition coefficient (Wildman–Crippen LogP) is 5.45. The molecule has 0 saturated heterocycles. The lowest BCUT2D eigenvalue weighted by molar-refractivity contribution is 0.456. The van der Waals surface area contributed by atoms with Crippen molar-refractivity contribution in [2.45, 2.75) is 25.7 Å². The van der Waals surface area contributed by atoms with Crippen LogP contribution in [0.3, 0.4) is 0 Å². The van der Waals surface area contributed by atoms with E-state index in [1.54, 1.807) is 6.07 Å². The number of alkyl halides is 1. The van der Waals surface area contributed by atoms with Crippen molar-refractivity contribution >= 4 is 0 Å². The van der Waals surface area contributed by atoms with Crippen LogP contribution in [0.2, 0.25) is 0 Å². The number of hydrogen-bond acceptors (Lipinski definition) is 0. The fraction of sp³-hybridized carbons (Fsp3) is 0.294. The van der Waals surface area contributed by atoms with Crippen molar-refractivity contribution in [3.63, 3.8) is 0 Å². The number of hydrogen-bond donors (Lipinski definition) is 0. The van der Waals surface area contributed by atoms with Gasteiger partial charge in [-0.3, -0.25) is 4.39 Å². The van der Waals surface area contributed by atoms with E-state index >= 15 is 0 Å². The number of rotatable bonds is 6. The molecular formula is C17H16F4. The van der Waals surface area contributed by atoms with Gasteiger partial charge in [-0.25, -0.2) is 13.2 Å². The topological polar surface area (TPSA) is 0 Å². The molecular weight excluding hydrogens is 280 g/mol. The highest BCUT2D eigenvalue weighted by Gasteiger charge is 2.09. The summed E-state index contributed by atoms with van der Waals surface area (Å²) in [5.41, 5.74) is 1.14. The van der Waals surface area contributed by atoms with Crippen LogP contribution in [0.15, 0.2) is 36.4 Å². The Kier molecular flexibility index (Phi) is 5.37. The molecule has 2 aromatic carbocycles. The average Bonchev–Trinajstić information content (AvgIpc) is 2.42. The maximum absolute atomic E-state index is 14.1. The third kappa shape index (κ3) is 4.31. The molecule has 0 nitrogen and oxygen atoms in total. The highest BCUT2D eigenvalue weighted by Crippen LogP contribution is 2.26. The van der Waals surface area contributed by atoms with Gasteiger partial charge in [0.1, 0.15) is 17.5 Å². The lowest BCUT2D eigenvalue weighted by Gasteiger charge is -2.07. The van der Waals surface area contributed by atoms with Crippen LogP contribution in [-0.2, 0) is 6.42 Å². The Balaban J connectivity index is 2.15. The highest BCUT2D eigenvalue weighted by atomic mass is 19.1. The second-order valence-corrected chi connectivity index (χ2v) is 4.97. The van der Waals surface area contributed by atoms with Gasteiger partial charge < -0.3 is 0 Å². The summed E-state index contributed by atoms with van der Waals surface area (Å²) in [6.45, 7) is -0.335. The Hall–Kier alpha value is -1.84. The SMILES string of the molecule is FCCCCCc1ccc(-c2cc(F)cc(F)c2)c(F)c1.